The summed E-state index contributed by atoms with van der Waals surface area (Å²) in [4.78, 5) is 42.8. The van der Waals surface area contributed by atoms with Crippen LogP contribution in [0.25, 0.3) is 0 Å². The van der Waals surface area contributed by atoms with Gasteiger partial charge in [-0.1, -0.05) is 0 Å². The lowest BCUT2D eigenvalue weighted by Gasteiger charge is -2.34. The van der Waals surface area contributed by atoms with Gasteiger partial charge in [-0.15, -0.1) is 11.3 Å². The summed E-state index contributed by atoms with van der Waals surface area (Å²) >= 11 is 1.35. The van der Waals surface area contributed by atoms with Gasteiger partial charge in [-0.05, 0) is 54.9 Å². The SMILES string of the molecule is O=C(c1nccs1)N1CCC([C@@H]2CC(=O)N(c3ccc4c(c3)CCN4c3cnc(C(F)(F)F)cn3)C2)CC1. The molecule has 0 saturated carbocycles. The fraction of sp³-hybridized carbons (Fsp3) is 0.423. The lowest BCUT2D eigenvalue weighted by Crippen LogP contribution is -2.40. The molecule has 0 aliphatic carbocycles. The van der Waals surface area contributed by atoms with Crippen molar-refractivity contribution in [3.05, 3.63) is 58.4 Å². The number of piperidine rings is 1. The van der Waals surface area contributed by atoms with Crippen LogP contribution in [0.1, 0.15) is 40.3 Å². The Morgan fingerprint density at radius 1 is 1.00 bits per heavy atom. The molecule has 12 heteroatoms. The molecule has 2 amide bonds. The Kier molecular flexibility index (Phi) is 6.29. The van der Waals surface area contributed by atoms with Gasteiger partial charge in [-0.3, -0.25) is 9.59 Å². The first-order chi connectivity index (χ1) is 18.3. The zero-order valence-corrected chi connectivity index (χ0v) is 21.2. The molecule has 38 heavy (non-hydrogen) atoms. The smallest absolute Gasteiger partial charge is 0.337 e. The molecule has 3 aromatic rings. The average Bonchev–Trinajstić information content (AvgIpc) is 3.68. The van der Waals surface area contributed by atoms with Crippen LogP contribution in [0.5, 0.6) is 0 Å². The summed E-state index contributed by atoms with van der Waals surface area (Å²) in [5.41, 5.74) is 1.71. The van der Waals surface area contributed by atoms with Crippen LogP contribution in [0.15, 0.2) is 42.2 Å². The van der Waals surface area contributed by atoms with Crippen molar-refractivity contribution >= 4 is 40.3 Å². The van der Waals surface area contributed by atoms with Crippen LogP contribution in [0, 0.1) is 11.8 Å². The number of thiazole rings is 1. The normalized spacial score (nSPS) is 20.3. The second-order valence-electron chi connectivity index (χ2n) is 9.91. The Labute approximate surface area is 221 Å². The molecule has 3 aliphatic rings. The van der Waals surface area contributed by atoms with Gasteiger partial charge in [0.15, 0.2) is 16.5 Å². The van der Waals surface area contributed by atoms with Crippen molar-refractivity contribution in [1.82, 2.24) is 19.9 Å². The van der Waals surface area contributed by atoms with Gasteiger partial charge in [0.25, 0.3) is 5.91 Å². The van der Waals surface area contributed by atoms with Crippen molar-refractivity contribution in [1.29, 1.82) is 0 Å². The highest BCUT2D eigenvalue weighted by atomic mass is 32.1. The van der Waals surface area contributed by atoms with Crippen molar-refractivity contribution in [3.8, 4) is 0 Å². The molecule has 2 aromatic heterocycles. The summed E-state index contributed by atoms with van der Waals surface area (Å²) in [6, 6.07) is 5.80. The van der Waals surface area contributed by atoms with Crippen LogP contribution >= 0.6 is 11.3 Å². The van der Waals surface area contributed by atoms with Crippen molar-refractivity contribution in [3.63, 3.8) is 0 Å². The third-order valence-electron chi connectivity index (χ3n) is 7.74. The number of hydrogen-bond acceptors (Lipinski definition) is 7. The van der Waals surface area contributed by atoms with Crippen molar-refractivity contribution in [2.75, 3.05) is 36.0 Å². The highest BCUT2D eigenvalue weighted by Gasteiger charge is 2.38. The van der Waals surface area contributed by atoms with Gasteiger partial charge in [0.2, 0.25) is 5.91 Å². The molecular weight excluding hydrogens is 517 g/mol. The standard InChI is InChI=1S/C26H25F3N6O2S/c27-26(28,29)21-13-32-22(14-31-21)34-9-5-17-11-19(1-2-20(17)34)35-15-18(12-23(35)36)16-3-7-33(8-4-16)25(37)24-30-6-10-38-24/h1-2,6,10-11,13-14,16,18H,3-5,7-9,12,15H2/t18-/m1/s1. The summed E-state index contributed by atoms with van der Waals surface area (Å²) in [5.74, 6) is 1.07. The number of fused-ring (bicyclic) bond motifs is 1. The molecule has 3 aliphatic heterocycles. The Balaban J connectivity index is 1.10. The number of carbonyl (C=O) groups excluding carboxylic acids is 2. The molecular formula is C26H25F3N6O2S. The number of amides is 2. The quantitative estimate of drug-likeness (QED) is 0.481. The lowest BCUT2D eigenvalue weighted by atomic mass is 9.83. The Hall–Kier alpha value is -3.54. The zero-order valence-electron chi connectivity index (χ0n) is 20.4. The maximum Gasteiger partial charge on any atom is 0.434 e. The van der Waals surface area contributed by atoms with E-state index in [9.17, 15) is 22.8 Å². The highest BCUT2D eigenvalue weighted by molar-refractivity contribution is 7.11. The number of alkyl halides is 3. The Morgan fingerprint density at radius 2 is 1.82 bits per heavy atom. The van der Waals surface area contributed by atoms with Crippen LogP contribution in [0.3, 0.4) is 0 Å². The largest absolute Gasteiger partial charge is 0.434 e. The summed E-state index contributed by atoms with van der Waals surface area (Å²) < 4.78 is 38.5. The number of nitrogens with zero attached hydrogens (tertiary/aromatic N) is 6. The fourth-order valence-corrected chi connectivity index (χ4v) is 6.34. The highest BCUT2D eigenvalue weighted by Crippen LogP contribution is 2.39. The Bertz CT molecular complexity index is 1340. The van der Waals surface area contributed by atoms with Gasteiger partial charge >= 0.3 is 6.18 Å². The van der Waals surface area contributed by atoms with Crippen molar-refractivity contribution < 1.29 is 22.8 Å². The molecule has 198 valence electrons. The van der Waals surface area contributed by atoms with E-state index in [-0.39, 0.29) is 17.7 Å². The Morgan fingerprint density at radius 3 is 2.50 bits per heavy atom. The van der Waals surface area contributed by atoms with Crippen LogP contribution < -0.4 is 9.80 Å². The van der Waals surface area contributed by atoms with Crippen LogP contribution in [-0.4, -0.2) is 57.8 Å². The first-order valence-corrected chi connectivity index (χ1v) is 13.4. The second-order valence-corrected chi connectivity index (χ2v) is 10.8. The molecule has 1 aromatic carbocycles. The van der Waals surface area contributed by atoms with Gasteiger partial charge in [-0.2, -0.15) is 13.2 Å². The number of aromatic nitrogens is 3. The summed E-state index contributed by atoms with van der Waals surface area (Å²) in [6.45, 7) is 2.58. The maximum absolute atomic E-state index is 13.0. The maximum atomic E-state index is 13.0. The molecule has 0 N–H and O–H groups in total. The molecule has 0 spiro atoms. The third kappa shape index (κ3) is 4.61. The summed E-state index contributed by atoms with van der Waals surface area (Å²) in [6.07, 6.45) is 1.95. The van der Waals surface area contributed by atoms with Gasteiger partial charge < -0.3 is 14.7 Å². The van der Waals surface area contributed by atoms with E-state index < -0.39 is 11.9 Å². The predicted octanol–water partition coefficient (Wildman–Crippen LogP) is 4.55. The van der Waals surface area contributed by atoms with E-state index in [1.807, 2.05) is 32.9 Å². The van der Waals surface area contributed by atoms with E-state index in [1.165, 1.54) is 11.3 Å². The molecule has 0 unspecified atom stereocenters. The minimum Gasteiger partial charge on any atom is -0.337 e. The van der Waals surface area contributed by atoms with Crippen molar-refractivity contribution in [2.24, 2.45) is 11.8 Å². The number of halogens is 3. The molecule has 2 saturated heterocycles. The second kappa shape index (κ2) is 9.64. The third-order valence-corrected chi connectivity index (χ3v) is 8.50. The molecule has 5 heterocycles. The number of rotatable bonds is 4. The molecule has 1 atom stereocenters. The van der Waals surface area contributed by atoms with E-state index >= 15 is 0 Å². The predicted molar refractivity (Wildman–Crippen MR) is 135 cm³/mol. The van der Waals surface area contributed by atoms with Crippen LogP contribution in [0.2, 0.25) is 0 Å². The topological polar surface area (TPSA) is 82.5 Å². The van der Waals surface area contributed by atoms with E-state index in [2.05, 4.69) is 15.0 Å². The van der Waals surface area contributed by atoms with Crippen molar-refractivity contribution in [2.45, 2.75) is 31.9 Å². The number of anilines is 3. The lowest BCUT2D eigenvalue weighted by molar-refractivity contribution is -0.141. The molecule has 6 rings (SSSR count). The molecule has 0 bridgehead atoms. The van der Waals surface area contributed by atoms with Gasteiger partial charge in [0, 0.05) is 55.6 Å². The number of hydrogen-bond donors (Lipinski definition) is 0. The van der Waals surface area contributed by atoms with Gasteiger partial charge in [0.1, 0.15) is 0 Å². The molecule has 0 radical (unpaired) electrons. The van der Waals surface area contributed by atoms with E-state index in [1.54, 1.807) is 11.6 Å². The zero-order chi connectivity index (χ0) is 26.4. The van der Waals surface area contributed by atoms with Crippen LogP contribution in [0.4, 0.5) is 30.4 Å². The summed E-state index contributed by atoms with van der Waals surface area (Å²) in [5, 5.41) is 2.32. The van der Waals surface area contributed by atoms with Gasteiger partial charge in [-0.25, -0.2) is 15.0 Å². The van der Waals surface area contributed by atoms with Gasteiger partial charge in [0.05, 0.1) is 12.4 Å². The first-order valence-electron chi connectivity index (χ1n) is 12.6. The molecule has 2 fully saturated rings. The van der Waals surface area contributed by atoms with E-state index in [0.29, 0.717) is 55.8 Å². The number of carbonyl (C=O) groups is 2. The number of likely N-dealkylation sites (tertiary alicyclic amines) is 1. The number of benzene rings is 1. The van der Waals surface area contributed by atoms with E-state index in [0.717, 1.165) is 42.2 Å². The summed E-state index contributed by atoms with van der Waals surface area (Å²) in [7, 11) is 0. The minimum absolute atomic E-state index is 0.0166. The molecule has 8 nitrogen and oxygen atoms in total. The first kappa shape index (κ1) is 24.8. The van der Waals surface area contributed by atoms with Crippen LogP contribution in [-0.2, 0) is 17.4 Å². The minimum atomic E-state index is -4.53. The average molecular weight is 543 g/mol. The fourth-order valence-electron chi connectivity index (χ4n) is 5.74. The monoisotopic (exact) mass is 542 g/mol. The van der Waals surface area contributed by atoms with E-state index in [4.69, 9.17) is 0 Å².